The Kier molecular flexibility index (Phi) is 4.24. The first kappa shape index (κ1) is 16.4. The molecule has 134 valence electrons. The summed E-state index contributed by atoms with van der Waals surface area (Å²) in [6.45, 7) is 2.45. The molecule has 0 N–H and O–H groups in total. The largest absolute Gasteiger partial charge is 0.339 e. The lowest BCUT2D eigenvalue weighted by Gasteiger charge is -2.20. The van der Waals surface area contributed by atoms with E-state index in [2.05, 4.69) is 20.1 Å². The second kappa shape index (κ2) is 6.70. The normalized spacial score (nSPS) is 14.2. The van der Waals surface area contributed by atoms with E-state index in [1.165, 1.54) is 6.42 Å². The topological polar surface area (TPSA) is 89.9 Å². The van der Waals surface area contributed by atoms with E-state index in [-0.39, 0.29) is 5.91 Å². The van der Waals surface area contributed by atoms with Crippen molar-refractivity contribution in [1.29, 1.82) is 0 Å². The molecule has 8 nitrogen and oxygen atoms in total. The summed E-state index contributed by atoms with van der Waals surface area (Å²) < 4.78 is 7.07. The molecule has 0 atom stereocenters. The fourth-order valence-corrected chi connectivity index (χ4v) is 3.06. The summed E-state index contributed by atoms with van der Waals surface area (Å²) >= 11 is 0. The molecule has 3 aromatic heterocycles. The fraction of sp³-hybridized carbons (Fsp3) is 0.389. The Labute approximate surface area is 150 Å². The number of anilines is 1. The van der Waals surface area contributed by atoms with Crippen LogP contribution in [0.1, 0.15) is 48.5 Å². The van der Waals surface area contributed by atoms with Crippen molar-refractivity contribution in [1.82, 2.24) is 24.7 Å². The molecule has 4 rings (SSSR count). The van der Waals surface area contributed by atoms with E-state index in [4.69, 9.17) is 4.52 Å². The highest BCUT2D eigenvalue weighted by atomic mass is 16.5. The van der Waals surface area contributed by atoms with Gasteiger partial charge in [-0.1, -0.05) is 11.6 Å². The lowest BCUT2D eigenvalue weighted by atomic mass is 9.85. The van der Waals surface area contributed by atoms with E-state index >= 15 is 0 Å². The molecular weight excluding hydrogens is 332 g/mol. The third-order valence-corrected chi connectivity index (χ3v) is 4.82. The Hall–Kier alpha value is -3.03. The number of hydrogen-bond donors (Lipinski definition) is 0. The number of aromatic nitrogens is 5. The number of imidazole rings is 1. The average Bonchev–Trinajstić information content (AvgIpc) is 3.21. The molecule has 3 heterocycles. The number of carbonyl (C=O) groups is 1. The smallest absolute Gasteiger partial charge is 0.276 e. The van der Waals surface area contributed by atoms with Crippen LogP contribution in [0.4, 0.5) is 5.69 Å². The van der Waals surface area contributed by atoms with Crippen LogP contribution in [-0.2, 0) is 7.05 Å². The molecule has 0 aromatic carbocycles. The van der Waals surface area contributed by atoms with Crippen LogP contribution in [0, 0.1) is 0 Å². The minimum absolute atomic E-state index is 0.149. The maximum absolute atomic E-state index is 13.0. The third-order valence-electron chi connectivity index (χ3n) is 4.82. The van der Waals surface area contributed by atoms with Crippen molar-refractivity contribution < 1.29 is 9.32 Å². The molecule has 0 aliphatic heterocycles. The zero-order valence-electron chi connectivity index (χ0n) is 14.8. The summed E-state index contributed by atoms with van der Waals surface area (Å²) in [6, 6.07) is 3.66. The Balaban J connectivity index is 1.62. The number of amides is 1. The maximum atomic E-state index is 13.0. The van der Waals surface area contributed by atoms with Crippen LogP contribution in [0.3, 0.4) is 0 Å². The van der Waals surface area contributed by atoms with Gasteiger partial charge in [0.05, 0.1) is 18.1 Å². The van der Waals surface area contributed by atoms with Crippen LogP contribution >= 0.6 is 0 Å². The molecule has 1 saturated carbocycles. The van der Waals surface area contributed by atoms with Crippen molar-refractivity contribution in [3.05, 3.63) is 42.3 Å². The van der Waals surface area contributed by atoms with E-state index in [0.717, 1.165) is 18.5 Å². The molecule has 8 heteroatoms. The SMILES string of the molecule is CCN(C(=O)c1cnc(-c2noc(C3CCC3)n2)n1C)c1cccnc1. The summed E-state index contributed by atoms with van der Waals surface area (Å²) in [5.74, 6) is 1.80. The zero-order chi connectivity index (χ0) is 18.1. The predicted molar refractivity (Wildman–Crippen MR) is 94.7 cm³/mol. The highest BCUT2D eigenvalue weighted by molar-refractivity contribution is 6.05. The molecule has 0 unspecified atom stereocenters. The molecule has 26 heavy (non-hydrogen) atoms. The predicted octanol–water partition coefficient (Wildman–Crippen LogP) is 2.80. The average molecular weight is 352 g/mol. The maximum Gasteiger partial charge on any atom is 0.276 e. The summed E-state index contributed by atoms with van der Waals surface area (Å²) in [5, 5.41) is 4.04. The molecule has 1 fully saturated rings. The number of pyridine rings is 1. The van der Waals surface area contributed by atoms with Gasteiger partial charge in [0.25, 0.3) is 5.91 Å². The second-order valence-corrected chi connectivity index (χ2v) is 6.37. The summed E-state index contributed by atoms with van der Waals surface area (Å²) in [5.41, 5.74) is 1.20. The highest BCUT2D eigenvalue weighted by Gasteiger charge is 2.27. The van der Waals surface area contributed by atoms with Crippen molar-refractivity contribution in [2.45, 2.75) is 32.1 Å². The van der Waals surface area contributed by atoms with Crippen LogP contribution in [0.5, 0.6) is 0 Å². The highest BCUT2D eigenvalue weighted by Crippen LogP contribution is 2.35. The van der Waals surface area contributed by atoms with Crippen molar-refractivity contribution in [2.75, 3.05) is 11.4 Å². The Morgan fingerprint density at radius 3 is 2.88 bits per heavy atom. The Morgan fingerprint density at radius 2 is 2.23 bits per heavy atom. The minimum Gasteiger partial charge on any atom is -0.339 e. The molecular formula is C18H20N6O2. The molecule has 1 amide bonds. The standard InChI is InChI=1S/C18H20N6O2/c1-3-24(13-8-5-9-19-10-13)18(25)14-11-20-16(23(14)2)15-21-17(26-22-15)12-6-4-7-12/h5,8-12H,3-4,6-7H2,1-2H3. The first-order valence-electron chi connectivity index (χ1n) is 8.76. The van der Waals surface area contributed by atoms with Gasteiger partial charge in [0.1, 0.15) is 5.69 Å². The Bertz CT molecular complexity index is 913. The van der Waals surface area contributed by atoms with Gasteiger partial charge in [-0.15, -0.1) is 0 Å². The monoisotopic (exact) mass is 352 g/mol. The molecule has 0 radical (unpaired) electrons. The summed E-state index contributed by atoms with van der Waals surface area (Å²) in [6.07, 6.45) is 8.27. The van der Waals surface area contributed by atoms with Crippen molar-refractivity contribution in [2.24, 2.45) is 7.05 Å². The Morgan fingerprint density at radius 1 is 1.38 bits per heavy atom. The second-order valence-electron chi connectivity index (χ2n) is 6.37. The summed E-state index contributed by atoms with van der Waals surface area (Å²) in [7, 11) is 1.78. The van der Waals surface area contributed by atoms with Gasteiger partial charge in [0.2, 0.25) is 11.7 Å². The van der Waals surface area contributed by atoms with E-state index in [1.807, 2.05) is 13.0 Å². The molecule has 0 spiro atoms. The van der Waals surface area contributed by atoms with Crippen molar-refractivity contribution >= 4 is 11.6 Å². The number of hydrogen-bond acceptors (Lipinski definition) is 6. The number of rotatable bonds is 5. The first-order chi connectivity index (χ1) is 12.7. The lowest BCUT2D eigenvalue weighted by Crippen LogP contribution is -2.32. The van der Waals surface area contributed by atoms with Crippen LogP contribution in [-0.4, -0.2) is 37.1 Å². The third kappa shape index (κ3) is 2.77. The van der Waals surface area contributed by atoms with Gasteiger partial charge in [-0.2, -0.15) is 4.98 Å². The molecule has 0 saturated heterocycles. The van der Waals surface area contributed by atoms with Gasteiger partial charge < -0.3 is 14.0 Å². The summed E-state index contributed by atoms with van der Waals surface area (Å²) in [4.78, 5) is 27.5. The molecule has 0 bridgehead atoms. The van der Waals surface area contributed by atoms with Crippen LogP contribution in [0.2, 0.25) is 0 Å². The first-order valence-corrected chi connectivity index (χ1v) is 8.76. The molecule has 1 aliphatic rings. The van der Waals surface area contributed by atoms with Crippen molar-refractivity contribution in [3.8, 4) is 11.6 Å². The van der Waals surface area contributed by atoms with Crippen LogP contribution < -0.4 is 4.90 Å². The van der Waals surface area contributed by atoms with Crippen LogP contribution in [0.25, 0.3) is 11.6 Å². The lowest BCUT2D eigenvalue weighted by molar-refractivity contribution is 0.0980. The van der Waals surface area contributed by atoms with E-state index in [0.29, 0.717) is 35.7 Å². The van der Waals surface area contributed by atoms with Gasteiger partial charge in [-0.3, -0.25) is 9.78 Å². The van der Waals surface area contributed by atoms with Gasteiger partial charge in [-0.05, 0) is 31.9 Å². The van der Waals surface area contributed by atoms with Crippen molar-refractivity contribution in [3.63, 3.8) is 0 Å². The van der Waals surface area contributed by atoms with Gasteiger partial charge in [0, 0.05) is 25.7 Å². The molecule has 1 aliphatic carbocycles. The van der Waals surface area contributed by atoms with Crippen LogP contribution in [0.15, 0.2) is 35.2 Å². The minimum atomic E-state index is -0.149. The number of nitrogens with zero attached hydrogens (tertiary/aromatic N) is 6. The van der Waals surface area contributed by atoms with Gasteiger partial charge in [0.15, 0.2) is 5.82 Å². The number of carbonyl (C=O) groups excluding carboxylic acids is 1. The van der Waals surface area contributed by atoms with Gasteiger partial charge >= 0.3 is 0 Å². The van der Waals surface area contributed by atoms with E-state index in [1.54, 1.807) is 41.2 Å². The van der Waals surface area contributed by atoms with Gasteiger partial charge in [-0.25, -0.2) is 4.98 Å². The molecule has 3 aromatic rings. The van der Waals surface area contributed by atoms with E-state index in [9.17, 15) is 4.79 Å². The fourth-order valence-electron chi connectivity index (χ4n) is 3.06. The quantitative estimate of drug-likeness (QED) is 0.701. The zero-order valence-corrected chi connectivity index (χ0v) is 14.8. The van der Waals surface area contributed by atoms with E-state index < -0.39 is 0 Å².